The Kier molecular flexibility index (Phi) is 5.44. The average molecular weight is 485 g/mol. The van der Waals surface area contributed by atoms with Gasteiger partial charge in [-0.15, -0.1) is 0 Å². The third-order valence-corrected chi connectivity index (χ3v) is 6.63. The van der Waals surface area contributed by atoms with Gasteiger partial charge in [0.05, 0.1) is 11.3 Å². The number of hydrogen-bond acceptors (Lipinski definition) is 5. The summed E-state index contributed by atoms with van der Waals surface area (Å²) in [5.74, 6) is -0.816. The predicted molar refractivity (Wildman–Crippen MR) is 116 cm³/mol. The monoisotopic (exact) mass is 484 g/mol. The van der Waals surface area contributed by atoms with Crippen LogP contribution in [0.25, 0.3) is 0 Å². The fourth-order valence-corrected chi connectivity index (χ4v) is 4.89. The van der Waals surface area contributed by atoms with Gasteiger partial charge in [-0.3, -0.25) is 4.79 Å². The molecule has 0 bridgehead atoms. The van der Waals surface area contributed by atoms with Gasteiger partial charge in [-0.05, 0) is 18.2 Å². The number of sulfonamides is 1. The molecule has 0 unspecified atom stereocenters. The highest BCUT2D eigenvalue weighted by atomic mass is 79.9. The van der Waals surface area contributed by atoms with E-state index in [-0.39, 0.29) is 17.0 Å². The molecule has 4 rings (SSSR count). The molecule has 0 spiro atoms. The number of halogens is 1. The number of nitrogens with zero attached hydrogens (tertiary/aromatic N) is 1. The van der Waals surface area contributed by atoms with Crippen LogP contribution in [0.5, 0.6) is 0 Å². The maximum Gasteiger partial charge on any atom is 0.282 e. The van der Waals surface area contributed by atoms with E-state index >= 15 is 0 Å². The van der Waals surface area contributed by atoms with Crippen LogP contribution >= 0.6 is 15.9 Å². The van der Waals surface area contributed by atoms with Crippen molar-refractivity contribution < 1.29 is 18.0 Å². The fraction of sp³-hybridized carbons (Fsp3) is 0.0909. The molecule has 0 aliphatic carbocycles. The molecule has 0 fully saturated rings. The number of hydrogen-bond donors (Lipinski definition) is 1. The summed E-state index contributed by atoms with van der Waals surface area (Å²) in [4.78, 5) is 18.5. The lowest BCUT2D eigenvalue weighted by Crippen LogP contribution is -2.37. The van der Waals surface area contributed by atoms with Crippen LogP contribution in [0.15, 0.2) is 99.5 Å². The topological polar surface area (TPSA) is 84.8 Å². The molecule has 1 heterocycles. The van der Waals surface area contributed by atoms with Gasteiger partial charge in [0.2, 0.25) is 0 Å². The second-order valence-electron chi connectivity index (χ2n) is 6.76. The highest BCUT2D eigenvalue weighted by Gasteiger charge is 2.45. The van der Waals surface area contributed by atoms with Gasteiger partial charge in [0.25, 0.3) is 15.9 Å². The molecule has 1 aliphatic rings. The van der Waals surface area contributed by atoms with Gasteiger partial charge < -0.3 is 4.84 Å². The summed E-state index contributed by atoms with van der Waals surface area (Å²) < 4.78 is 27.9. The van der Waals surface area contributed by atoms with Crippen LogP contribution in [-0.2, 0) is 25.3 Å². The smallest absolute Gasteiger partial charge is 0.282 e. The third-order valence-electron chi connectivity index (χ3n) is 4.80. The van der Waals surface area contributed by atoms with E-state index in [2.05, 4.69) is 25.8 Å². The van der Waals surface area contributed by atoms with Crippen LogP contribution in [0, 0.1) is 0 Å². The normalized spacial score (nSPS) is 15.2. The standard InChI is InChI=1S/C22H17BrN2O4S/c23-18-12-7-13-19(14-18)30(27,28)25-21(26)20-15-22(29-24-20,16-8-3-1-4-9-16)17-10-5-2-6-11-17/h1-14H,15H2,(H,25,26). The Morgan fingerprint density at radius 1 is 0.933 bits per heavy atom. The summed E-state index contributed by atoms with van der Waals surface area (Å²) in [5.41, 5.74) is 0.630. The van der Waals surface area contributed by atoms with Crippen molar-refractivity contribution in [3.63, 3.8) is 0 Å². The molecule has 3 aromatic carbocycles. The molecular formula is C22H17BrN2O4S. The summed E-state index contributed by atoms with van der Waals surface area (Å²) in [5, 5.41) is 3.97. The number of benzene rings is 3. The Labute approximate surface area is 182 Å². The summed E-state index contributed by atoms with van der Waals surface area (Å²) in [6.45, 7) is 0. The summed E-state index contributed by atoms with van der Waals surface area (Å²) >= 11 is 3.23. The van der Waals surface area contributed by atoms with Crippen LogP contribution in [-0.4, -0.2) is 20.0 Å². The van der Waals surface area contributed by atoms with Gasteiger partial charge in [-0.2, -0.15) is 0 Å². The molecule has 30 heavy (non-hydrogen) atoms. The molecule has 0 atom stereocenters. The van der Waals surface area contributed by atoms with Gasteiger partial charge in [-0.25, -0.2) is 13.1 Å². The molecule has 1 amide bonds. The Morgan fingerprint density at radius 3 is 2.10 bits per heavy atom. The van der Waals surface area contributed by atoms with Crippen LogP contribution in [0.4, 0.5) is 0 Å². The molecule has 0 saturated carbocycles. The van der Waals surface area contributed by atoms with Gasteiger partial charge in [-0.1, -0.05) is 87.8 Å². The van der Waals surface area contributed by atoms with Gasteiger partial charge in [0, 0.05) is 15.6 Å². The Balaban J connectivity index is 1.62. The Bertz CT molecular complexity index is 1170. The molecule has 1 aliphatic heterocycles. The van der Waals surface area contributed by atoms with E-state index in [4.69, 9.17) is 4.84 Å². The fourth-order valence-electron chi connectivity index (χ4n) is 3.32. The second-order valence-corrected chi connectivity index (χ2v) is 9.36. The van der Waals surface area contributed by atoms with Crippen LogP contribution < -0.4 is 4.72 Å². The lowest BCUT2D eigenvalue weighted by atomic mass is 9.82. The van der Waals surface area contributed by atoms with E-state index in [0.29, 0.717) is 4.47 Å². The van der Waals surface area contributed by atoms with Crippen molar-refractivity contribution in [2.45, 2.75) is 16.9 Å². The molecule has 0 saturated heterocycles. The van der Waals surface area contributed by atoms with Crippen LogP contribution in [0.2, 0.25) is 0 Å². The maximum atomic E-state index is 12.8. The van der Waals surface area contributed by atoms with Crippen molar-refractivity contribution in [1.29, 1.82) is 0 Å². The van der Waals surface area contributed by atoms with E-state index in [9.17, 15) is 13.2 Å². The first-order valence-electron chi connectivity index (χ1n) is 9.09. The Hall–Kier alpha value is -2.97. The molecule has 3 aromatic rings. The van der Waals surface area contributed by atoms with E-state index < -0.39 is 21.5 Å². The van der Waals surface area contributed by atoms with Crippen molar-refractivity contribution >= 4 is 37.6 Å². The lowest BCUT2D eigenvalue weighted by molar-refractivity contribution is -0.113. The SMILES string of the molecule is O=C(NS(=O)(=O)c1cccc(Br)c1)C1=NOC(c2ccccc2)(c2ccccc2)C1. The van der Waals surface area contributed by atoms with Gasteiger partial charge >= 0.3 is 0 Å². The van der Waals surface area contributed by atoms with E-state index in [1.165, 1.54) is 12.1 Å². The molecule has 152 valence electrons. The summed E-state index contributed by atoms with van der Waals surface area (Å²) in [7, 11) is -4.05. The highest BCUT2D eigenvalue weighted by molar-refractivity contribution is 9.10. The largest absolute Gasteiger partial charge is 0.379 e. The zero-order valence-electron chi connectivity index (χ0n) is 15.7. The number of carbonyl (C=O) groups is 1. The minimum absolute atomic E-state index is 0.00118. The molecule has 8 heteroatoms. The second kappa shape index (κ2) is 8.04. The van der Waals surface area contributed by atoms with Crippen LogP contribution in [0.1, 0.15) is 17.5 Å². The predicted octanol–water partition coefficient (Wildman–Crippen LogP) is 3.97. The number of nitrogens with one attached hydrogen (secondary N) is 1. The first-order chi connectivity index (χ1) is 14.4. The highest BCUT2D eigenvalue weighted by Crippen LogP contribution is 2.41. The van der Waals surface area contributed by atoms with Crippen LogP contribution in [0.3, 0.4) is 0 Å². The molecule has 6 nitrogen and oxygen atoms in total. The van der Waals surface area contributed by atoms with E-state index in [1.54, 1.807) is 12.1 Å². The van der Waals surface area contributed by atoms with Gasteiger partial charge in [0.15, 0.2) is 11.3 Å². The van der Waals surface area contributed by atoms with Crippen molar-refractivity contribution in [3.8, 4) is 0 Å². The number of rotatable bonds is 5. The minimum Gasteiger partial charge on any atom is -0.379 e. The first kappa shape index (κ1) is 20.3. The molecule has 0 aromatic heterocycles. The summed E-state index contributed by atoms with van der Waals surface area (Å²) in [6.07, 6.45) is 0.0981. The Morgan fingerprint density at radius 2 is 1.53 bits per heavy atom. The lowest BCUT2D eigenvalue weighted by Gasteiger charge is -2.27. The molecular weight excluding hydrogens is 468 g/mol. The number of oxime groups is 1. The zero-order chi connectivity index (χ0) is 21.2. The van der Waals surface area contributed by atoms with Crippen molar-refractivity contribution in [2.75, 3.05) is 0 Å². The maximum absolute atomic E-state index is 12.8. The number of carbonyl (C=O) groups excluding carboxylic acids is 1. The molecule has 1 N–H and O–H groups in total. The minimum atomic E-state index is -4.05. The van der Waals surface area contributed by atoms with Crippen molar-refractivity contribution in [3.05, 3.63) is 101 Å². The third kappa shape index (κ3) is 3.88. The summed E-state index contributed by atoms with van der Waals surface area (Å²) in [6, 6.07) is 24.9. The number of amides is 1. The first-order valence-corrected chi connectivity index (χ1v) is 11.4. The average Bonchev–Trinajstić information content (AvgIpc) is 3.22. The quantitative estimate of drug-likeness (QED) is 0.593. The van der Waals surface area contributed by atoms with E-state index in [0.717, 1.165) is 11.1 Å². The van der Waals surface area contributed by atoms with Crippen molar-refractivity contribution in [1.82, 2.24) is 4.72 Å². The van der Waals surface area contributed by atoms with Crippen molar-refractivity contribution in [2.24, 2.45) is 5.16 Å². The van der Waals surface area contributed by atoms with Gasteiger partial charge in [0.1, 0.15) is 0 Å². The van der Waals surface area contributed by atoms with E-state index in [1.807, 2.05) is 60.7 Å². The zero-order valence-corrected chi connectivity index (χ0v) is 18.1. The molecule has 0 radical (unpaired) electrons.